The lowest BCUT2D eigenvalue weighted by atomic mass is 10.1. The zero-order valence-corrected chi connectivity index (χ0v) is 11.4. The Morgan fingerprint density at radius 2 is 1.95 bits per heavy atom. The van der Waals surface area contributed by atoms with E-state index in [2.05, 4.69) is 4.98 Å². The van der Waals surface area contributed by atoms with E-state index >= 15 is 0 Å². The lowest BCUT2D eigenvalue weighted by molar-refractivity contribution is 0.0697. The fourth-order valence-corrected chi connectivity index (χ4v) is 2.42. The molecule has 0 aliphatic carbocycles. The first-order valence-corrected chi connectivity index (χ1v) is 6.60. The topological polar surface area (TPSA) is 55.1 Å². The van der Waals surface area contributed by atoms with Crippen LogP contribution in [0.4, 0.5) is 4.39 Å². The number of imidazole rings is 1. The molecule has 1 N–H and O–H groups in total. The number of fused-ring (bicyclic) bond motifs is 1. The van der Waals surface area contributed by atoms with Crippen molar-refractivity contribution < 1.29 is 14.3 Å². The number of carbonyl (C=O) groups is 1. The van der Waals surface area contributed by atoms with E-state index in [4.69, 9.17) is 5.11 Å². The lowest BCUT2D eigenvalue weighted by Gasteiger charge is -2.06. The van der Waals surface area contributed by atoms with Crippen LogP contribution in [0.15, 0.2) is 42.5 Å². The van der Waals surface area contributed by atoms with Crippen molar-refractivity contribution in [3.63, 3.8) is 0 Å². The number of rotatable bonds is 3. The number of aromatic carboxylic acids is 1. The second-order valence-corrected chi connectivity index (χ2v) is 4.67. The zero-order chi connectivity index (χ0) is 15.0. The molecule has 0 spiro atoms. The van der Waals surface area contributed by atoms with E-state index in [1.807, 2.05) is 17.6 Å². The monoisotopic (exact) mass is 284 g/mol. The number of para-hydroxylation sites is 1. The smallest absolute Gasteiger partial charge is 0.335 e. The summed E-state index contributed by atoms with van der Waals surface area (Å²) in [5.74, 6) is -0.700. The van der Waals surface area contributed by atoms with Crippen LogP contribution in [-0.2, 0) is 6.54 Å². The van der Waals surface area contributed by atoms with Gasteiger partial charge in [-0.25, -0.2) is 14.2 Å². The Bertz CT molecular complexity index is 822. The predicted octanol–water partition coefficient (Wildman–Crippen LogP) is 3.56. The third-order valence-corrected chi connectivity index (χ3v) is 3.44. The standard InChI is InChI=1S/C16H13FN2O2/c1-2-19-13-5-3-4-12(17)14(13)18-15(19)10-6-8-11(9-7-10)16(20)21/h3-9H,2H2,1H3,(H,20,21). The van der Waals surface area contributed by atoms with Crippen LogP contribution in [0.5, 0.6) is 0 Å². The maximum Gasteiger partial charge on any atom is 0.335 e. The molecule has 3 aromatic rings. The predicted molar refractivity (Wildman–Crippen MR) is 77.8 cm³/mol. The van der Waals surface area contributed by atoms with E-state index in [1.54, 1.807) is 18.2 Å². The van der Waals surface area contributed by atoms with Crippen molar-refractivity contribution in [2.24, 2.45) is 0 Å². The first-order valence-electron chi connectivity index (χ1n) is 6.60. The average Bonchev–Trinajstić information content (AvgIpc) is 2.87. The van der Waals surface area contributed by atoms with Crippen molar-refractivity contribution in [1.82, 2.24) is 9.55 Å². The van der Waals surface area contributed by atoms with Crippen molar-refractivity contribution in [2.45, 2.75) is 13.5 Å². The Morgan fingerprint density at radius 1 is 1.24 bits per heavy atom. The molecule has 0 radical (unpaired) electrons. The second kappa shape index (κ2) is 5.01. The molecule has 0 bridgehead atoms. The number of aryl methyl sites for hydroxylation is 1. The van der Waals surface area contributed by atoms with E-state index in [1.165, 1.54) is 18.2 Å². The van der Waals surface area contributed by atoms with Crippen molar-refractivity contribution >= 4 is 17.0 Å². The molecule has 0 unspecified atom stereocenters. The summed E-state index contributed by atoms with van der Waals surface area (Å²) < 4.78 is 15.8. The Kier molecular flexibility index (Phi) is 3.17. The van der Waals surface area contributed by atoms with Crippen LogP contribution in [0.3, 0.4) is 0 Å². The number of carboxylic acids is 1. The number of aromatic nitrogens is 2. The van der Waals surface area contributed by atoms with Crippen LogP contribution in [0.25, 0.3) is 22.4 Å². The summed E-state index contributed by atoms with van der Waals surface area (Å²) in [5, 5.41) is 8.93. The quantitative estimate of drug-likeness (QED) is 0.800. The molecule has 0 saturated carbocycles. The number of carboxylic acid groups (broad SMARTS) is 1. The minimum absolute atomic E-state index is 0.212. The molecule has 1 heterocycles. The Morgan fingerprint density at radius 3 is 2.57 bits per heavy atom. The number of hydrogen-bond acceptors (Lipinski definition) is 2. The molecule has 1 aromatic heterocycles. The molecule has 0 aliphatic rings. The third kappa shape index (κ3) is 2.16. The Labute approximate surface area is 120 Å². The summed E-state index contributed by atoms with van der Waals surface area (Å²) in [4.78, 5) is 15.3. The molecule has 5 heteroatoms. The van der Waals surface area contributed by atoms with E-state index in [0.717, 1.165) is 11.1 Å². The molecular weight excluding hydrogens is 271 g/mol. The maximum absolute atomic E-state index is 13.8. The SMILES string of the molecule is CCn1c(-c2ccc(C(=O)O)cc2)nc2c(F)cccc21. The lowest BCUT2D eigenvalue weighted by Crippen LogP contribution is -1.99. The molecule has 0 atom stereocenters. The number of nitrogens with zero attached hydrogens (tertiary/aromatic N) is 2. The Balaban J connectivity index is 2.19. The highest BCUT2D eigenvalue weighted by atomic mass is 19.1. The van der Waals surface area contributed by atoms with Gasteiger partial charge in [-0.2, -0.15) is 0 Å². The van der Waals surface area contributed by atoms with E-state index < -0.39 is 5.97 Å². The minimum Gasteiger partial charge on any atom is -0.478 e. The minimum atomic E-state index is -0.975. The van der Waals surface area contributed by atoms with Crippen LogP contribution >= 0.6 is 0 Å². The van der Waals surface area contributed by atoms with Gasteiger partial charge in [0.05, 0.1) is 11.1 Å². The highest BCUT2D eigenvalue weighted by Gasteiger charge is 2.14. The Hall–Kier alpha value is -2.69. The molecule has 0 aliphatic heterocycles. The summed E-state index contributed by atoms with van der Waals surface area (Å²) >= 11 is 0. The van der Waals surface area contributed by atoms with Gasteiger partial charge in [0.1, 0.15) is 11.3 Å². The first kappa shape index (κ1) is 13.3. The third-order valence-electron chi connectivity index (χ3n) is 3.44. The van der Waals surface area contributed by atoms with Gasteiger partial charge in [-0.05, 0) is 31.2 Å². The van der Waals surface area contributed by atoms with Gasteiger partial charge in [0.2, 0.25) is 0 Å². The summed E-state index contributed by atoms with van der Waals surface area (Å²) in [5.41, 5.74) is 2.04. The van der Waals surface area contributed by atoms with Crippen molar-refractivity contribution in [2.75, 3.05) is 0 Å². The molecule has 0 saturated heterocycles. The second-order valence-electron chi connectivity index (χ2n) is 4.67. The molecule has 0 fully saturated rings. The molecule has 3 rings (SSSR count). The molecule has 2 aromatic carbocycles. The van der Waals surface area contributed by atoms with Gasteiger partial charge in [-0.1, -0.05) is 18.2 Å². The van der Waals surface area contributed by atoms with E-state index in [9.17, 15) is 9.18 Å². The van der Waals surface area contributed by atoms with Gasteiger partial charge in [0.15, 0.2) is 5.82 Å². The summed E-state index contributed by atoms with van der Waals surface area (Å²) in [7, 11) is 0. The van der Waals surface area contributed by atoms with Crippen LogP contribution in [-0.4, -0.2) is 20.6 Å². The largest absolute Gasteiger partial charge is 0.478 e. The van der Waals surface area contributed by atoms with Gasteiger partial charge in [0, 0.05) is 12.1 Å². The van der Waals surface area contributed by atoms with Crippen LogP contribution in [0.1, 0.15) is 17.3 Å². The van der Waals surface area contributed by atoms with E-state index in [0.29, 0.717) is 17.9 Å². The van der Waals surface area contributed by atoms with Gasteiger partial charge in [-0.15, -0.1) is 0 Å². The van der Waals surface area contributed by atoms with Crippen LogP contribution < -0.4 is 0 Å². The molecule has 4 nitrogen and oxygen atoms in total. The molecule has 0 amide bonds. The molecular formula is C16H13FN2O2. The van der Waals surface area contributed by atoms with Gasteiger partial charge in [0.25, 0.3) is 0 Å². The highest BCUT2D eigenvalue weighted by molar-refractivity contribution is 5.88. The van der Waals surface area contributed by atoms with Crippen LogP contribution in [0.2, 0.25) is 0 Å². The van der Waals surface area contributed by atoms with Crippen LogP contribution in [0, 0.1) is 5.82 Å². The molecule has 21 heavy (non-hydrogen) atoms. The summed E-state index contributed by atoms with van der Waals surface area (Å²) in [6.45, 7) is 2.61. The number of halogens is 1. The van der Waals surface area contributed by atoms with Gasteiger partial charge >= 0.3 is 5.97 Å². The zero-order valence-electron chi connectivity index (χ0n) is 11.4. The maximum atomic E-state index is 13.8. The normalized spacial score (nSPS) is 11.0. The van der Waals surface area contributed by atoms with Gasteiger partial charge in [-0.3, -0.25) is 0 Å². The highest BCUT2D eigenvalue weighted by Crippen LogP contribution is 2.26. The van der Waals surface area contributed by atoms with Gasteiger partial charge < -0.3 is 9.67 Å². The fourth-order valence-electron chi connectivity index (χ4n) is 2.42. The number of benzene rings is 2. The average molecular weight is 284 g/mol. The molecule has 106 valence electrons. The van der Waals surface area contributed by atoms with Crippen molar-refractivity contribution in [3.8, 4) is 11.4 Å². The van der Waals surface area contributed by atoms with E-state index in [-0.39, 0.29) is 11.4 Å². The van der Waals surface area contributed by atoms with Crippen molar-refractivity contribution in [3.05, 3.63) is 53.8 Å². The fraction of sp³-hybridized carbons (Fsp3) is 0.125. The van der Waals surface area contributed by atoms with Crippen molar-refractivity contribution in [1.29, 1.82) is 0 Å². The summed E-state index contributed by atoms with van der Waals surface area (Å²) in [6.07, 6.45) is 0. The number of hydrogen-bond donors (Lipinski definition) is 1. The first-order chi connectivity index (χ1) is 10.1. The summed E-state index contributed by atoms with van der Waals surface area (Å²) in [6, 6.07) is 11.3.